The molecule has 0 aromatic heterocycles. The Hall–Kier alpha value is -2.37. The van der Waals surface area contributed by atoms with E-state index in [0.717, 1.165) is 70.6 Å². The maximum Gasteiger partial charge on any atom is 0.306 e. The maximum absolute atomic E-state index is 12.8. The van der Waals surface area contributed by atoms with Crippen molar-refractivity contribution in [2.75, 3.05) is 13.2 Å². The third-order valence-corrected chi connectivity index (χ3v) is 12.3. The molecule has 0 radical (unpaired) electrons. The molecule has 64 heavy (non-hydrogen) atoms. The normalized spacial score (nSPS) is 12.2. The molecule has 1 atom stereocenters. The number of hydrogen-bond donors (Lipinski definition) is 0. The second-order valence-corrected chi connectivity index (χ2v) is 18.8. The van der Waals surface area contributed by atoms with Crippen LogP contribution in [-0.2, 0) is 28.6 Å². The average Bonchev–Trinajstić information content (AvgIpc) is 3.29. The molecule has 0 bridgehead atoms. The van der Waals surface area contributed by atoms with E-state index in [1.807, 2.05) is 0 Å². The molecule has 0 aliphatic rings. The van der Waals surface area contributed by atoms with Crippen molar-refractivity contribution < 1.29 is 28.6 Å². The van der Waals surface area contributed by atoms with Crippen LogP contribution in [0.1, 0.15) is 297 Å². The van der Waals surface area contributed by atoms with Crippen molar-refractivity contribution in [1.29, 1.82) is 0 Å². The molecule has 0 N–H and O–H groups in total. The van der Waals surface area contributed by atoms with Crippen molar-refractivity contribution in [2.45, 2.75) is 303 Å². The molecule has 0 aliphatic heterocycles. The van der Waals surface area contributed by atoms with Crippen LogP contribution in [0.5, 0.6) is 0 Å². The van der Waals surface area contributed by atoms with Gasteiger partial charge in [-0.05, 0) is 96.3 Å². The topological polar surface area (TPSA) is 78.9 Å². The van der Waals surface area contributed by atoms with Crippen LogP contribution < -0.4 is 0 Å². The van der Waals surface area contributed by atoms with Gasteiger partial charge < -0.3 is 14.2 Å². The number of ether oxygens (including phenoxy) is 3. The molecule has 6 heteroatoms. The standard InChI is InChI=1S/C58H106O6/c1-4-7-10-13-16-19-22-25-28-29-31-33-36-39-42-45-48-51-57(60)63-54-55(53-62-56(59)50-47-44-41-38-35-32-27-24-21-18-15-12-9-6-3)64-58(61)52-49-46-43-40-37-34-30-26-23-20-17-14-11-8-5-2/h20,23,25,28,32,35,55H,4-19,21-22,24,26-27,29-31,33-34,36-54H2,1-3H3/b23-20-,28-25-,35-32-. The summed E-state index contributed by atoms with van der Waals surface area (Å²) in [4.78, 5) is 38.1. The van der Waals surface area contributed by atoms with Crippen LogP contribution in [0, 0.1) is 0 Å². The van der Waals surface area contributed by atoms with Crippen LogP contribution in [0.2, 0.25) is 0 Å². The van der Waals surface area contributed by atoms with Gasteiger partial charge in [-0.1, -0.05) is 218 Å². The van der Waals surface area contributed by atoms with E-state index in [9.17, 15) is 14.4 Å². The van der Waals surface area contributed by atoms with Gasteiger partial charge in [0.05, 0.1) is 0 Å². The van der Waals surface area contributed by atoms with Gasteiger partial charge in [0.15, 0.2) is 6.10 Å². The molecule has 0 aliphatic carbocycles. The smallest absolute Gasteiger partial charge is 0.306 e. The summed E-state index contributed by atoms with van der Waals surface area (Å²) >= 11 is 0. The Morgan fingerprint density at radius 1 is 0.297 bits per heavy atom. The summed E-state index contributed by atoms with van der Waals surface area (Å²) < 4.78 is 16.8. The molecule has 0 amide bonds. The second-order valence-electron chi connectivity index (χ2n) is 18.8. The Kier molecular flexibility index (Phi) is 51.3. The van der Waals surface area contributed by atoms with Crippen LogP contribution in [0.25, 0.3) is 0 Å². The summed E-state index contributed by atoms with van der Waals surface area (Å²) in [6.07, 6.45) is 62.7. The molecule has 0 heterocycles. The number of carbonyl (C=O) groups excluding carboxylic acids is 3. The minimum atomic E-state index is -0.780. The van der Waals surface area contributed by atoms with Crippen molar-refractivity contribution in [3.63, 3.8) is 0 Å². The van der Waals surface area contributed by atoms with Crippen LogP contribution in [-0.4, -0.2) is 37.2 Å². The lowest BCUT2D eigenvalue weighted by molar-refractivity contribution is -0.167. The van der Waals surface area contributed by atoms with Crippen molar-refractivity contribution in [3.8, 4) is 0 Å². The highest BCUT2D eigenvalue weighted by atomic mass is 16.6. The van der Waals surface area contributed by atoms with Gasteiger partial charge in [0.1, 0.15) is 13.2 Å². The molecular formula is C58H106O6. The first-order valence-electron chi connectivity index (χ1n) is 28.0. The van der Waals surface area contributed by atoms with E-state index in [2.05, 4.69) is 57.2 Å². The number of esters is 3. The van der Waals surface area contributed by atoms with E-state index in [1.54, 1.807) is 0 Å². The number of hydrogen-bond acceptors (Lipinski definition) is 6. The molecule has 6 nitrogen and oxygen atoms in total. The van der Waals surface area contributed by atoms with Gasteiger partial charge >= 0.3 is 17.9 Å². The predicted octanol–water partition coefficient (Wildman–Crippen LogP) is 18.5. The van der Waals surface area contributed by atoms with Crippen molar-refractivity contribution in [3.05, 3.63) is 36.5 Å². The summed E-state index contributed by atoms with van der Waals surface area (Å²) in [6.45, 7) is 6.63. The van der Waals surface area contributed by atoms with E-state index in [1.165, 1.54) is 186 Å². The quantitative estimate of drug-likeness (QED) is 0.0262. The van der Waals surface area contributed by atoms with Gasteiger partial charge in [0, 0.05) is 19.3 Å². The fourth-order valence-electron chi connectivity index (χ4n) is 8.07. The third-order valence-electron chi connectivity index (χ3n) is 12.3. The van der Waals surface area contributed by atoms with Crippen molar-refractivity contribution >= 4 is 17.9 Å². The van der Waals surface area contributed by atoms with E-state index in [4.69, 9.17) is 14.2 Å². The van der Waals surface area contributed by atoms with E-state index in [-0.39, 0.29) is 31.1 Å². The summed E-state index contributed by atoms with van der Waals surface area (Å²) in [6, 6.07) is 0. The lowest BCUT2D eigenvalue weighted by Gasteiger charge is -2.18. The monoisotopic (exact) mass is 899 g/mol. The SMILES string of the molecule is CCCCCC/C=C\CCCCCCCCCC(=O)OC(COC(=O)CCCCC/C=C\CCCCCCCCC)COC(=O)CCCCCCCCC/C=C\CCCCCCCC. The molecular weight excluding hydrogens is 793 g/mol. The Labute approximate surface area is 397 Å². The largest absolute Gasteiger partial charge is 0.462 e. The highest BCUT2D eigenvalue weighted by Crippen LogP contribution is 2.15. The minimum Gasteiger partial charge on any atom is -0.462 e. The number of carbonyl (C=O) groups is 3. The third kappa shape index (κ3) is 50.6. The first-order valence-corrected chi connectivity index (χ1v) is 28.0. The van der Waals surface area contributed by atoms with Crippen LogP contribution in [0.3, 0.4) is 0 Å². The lowest BCUT2D eigenvalue weighted by Crippen LogP contribution is -2.30. The molecule has 0 saturated heterocycles. The zero-order chi connectivity index (χ0) is 46.5. The van der Waals surface area contributed by atoms with Crippen LogP contribution in [0.4, 0.5) is 0 Å². The molecule has 0 saturated carbocycles. The Morgan fingerprint density at radius 3 is 0.812 bits per heavy atom. The number of rotatable bonds is 51. The van der Waals surface area contributed by atoms with Gasteiger partial charge in [-0.2, -0.15) is 0 Å². The Balaban J connectivity index is 4.37. The molecule has 0 fully saturated rings. The molecule has 1 unspecified atom stereocenters. The zero-order valence-corrected chi connectivity index (χ0v) is 42.8. The van der Waals surface area contributed by atoms with E-state index in [0.29, 0.717) is 19.3 Å². The fraction of sp³-hybridized carbons (Fsp3) is 0.845. The fourth-order valence-corrected chi connectivity index (χ4v) is 8.07. The predicted molar refractivity (Wildman–Crippen MR) is 275 cm³/mol. The van der Waals surface area contributed by atoms with Crippen LogP contribution >= 0.6 is 0 Å². The Bertz CT molecular complexity index is 1080. The summed E-state index contributed by atoms with van der Waals surface area (Å²) in [5.41, 5.74) is 0. The summed E-state index contributed by atoms with van der Waals surface area (Å²) in [7, 11) is 0. The summed E-state index contributed by atoms with van der Waals surface area (Å²) in [5.74, 6) is -0.891. The van der Waals surface area contributed by atoms with E-state index < -0.39 is 6.10 Å². The summed E-state index contributed by atoms with van der Waals surface area (Å²) in [5, 5.41) is 0. The van der Waals surface area contributed by atoms with Crippen LogP contribution in [0.15, 0.2) is 36.5 Å². The number of allylic oxidation sites excluding steroid dienone is 6. The van der Waals surface area contributed by atoms with Gasteiger partial charge in [-0.15, -0.1) is 0 Å². The van der Waals surface area contributed by atoms with Gasteiger partial charge in [0.2, 0.25) is 0 Å². The molecule has 0 aromatic rings. The first-order chi connectivity index (χ1) is 31.5. The molecule has 0 rings (SSSR count). The minimum absolute atomic E-state index is 0.0789. The first kappa shape index (κ1) is 61.6. The molecule has 0 spiro atoms. The number of unbranched alkanes of at least 4 members (excludes halogenated alkanes) is 34. The highest BCUT2D eigenvalue weighted by Gasteiger charge is 2.19. The second kappa shape index (κ2) is 53.2. The average molecular weight is 899 g/mol. The van der Waals surface area contributed by atoms with Crippen molar-refractivity contribution in [2.24, 2.45) is 0 Å². The van der Waals surface area contributed by atoms with E-state index >= 15 is 0 Å². The highest BCUT2D eigenvalue weighted by molar-refractivity contribution is 5.71. The molecule has 374 valence electrons. The molecule has 0 aromatic carbocycles. The lowest BCUT2D eigenvalue weighted by atomic mass is 10.1. The van der Waals surface area contributed by atoms with Gasteiger partial charge in [0.25, 0.3) is 0 Å². The van der Waals surface area contributed by atoms with Gasteiger partial charge in [-0.25, -0.2) is 0 Å². The Morgan fingerprint density at radius 2 is 0.516 bits per heavy atom. The van der Waals surface area contributed by atoms with Crippen molar-refractivity contribution in [1.82, 2.24) is 0 Å². The maximum atomic E-state index is 12.8. The van der Waals surface area contributed by atoms with Gasteiger partial charge in [-0.3, -0.25) is 14.4 Å². The zero-order valence-electron chi connectivity index (χ0n) is 42.8.